The Morgan fingerprint density at radius 2 is 2.21 bits per heavy atom. The van der Waals surface area contributed by atoms with Gasteiger partial charge < -0.3 is 15.2 Å². The average Bonchev–Trinajstić information content (AvgIpc) is 2.20. The fraction of sp³-hybridized carbons (Fsp3) is 0.700. The highest BCUT2D eigenvalue weighted by Crippen LogP contribution is 2.18. The first-order valence-electron chi connectivity index (χ1n) is 4.92. The smallest absolute Gasteiger partial charge is 0.331 e. The molecule has 0 spiro atoms. The molecule has 0 aromatic carbocycles. The predicted octanol–water partition coefficient (Wildman–Crippen LogP) is 0.566. The van der Waals surface area contributed by atoms with Crippen LogP contribution in [-0.2, 0) is 9.53 Å². The van der Waals surface area contributed by atoms with Gasteiger partial charge >= 0.3 is 5.97 Å². The minimum Gasteiger partial charge on any atom is -0.466 e. The van der Waals surface area contributed by atoms with E-state index >= 15 is 0 Å². The van der Waals surface area contributed by atoms with Crippen LogP contribution >= 0.6 is 0 Å². The van der Waals surface area contributed by atoms with Crippen molar-refractivity contribution in [2.75, 3.05) is 7.11 Å². The summed E-state index contributed by atoms with van der Waals surface area (Å²) in [6.07, 6.45) is 6.56. The van der Waals surface area contributed by atoms with E-state index in [-0.39, 0.29) is 18.1 Å². The number of carbonyl (C=O) groups is 1. The molecule has 0 amide bonds. The van der Waals surface area contributed by atoms with Gasteiger partial charge in [0.25, 0.3) is 0 Å². The van der Waals surface area contributed by atoms with Gasteiger partial charge in [-0.05, 0) is 12.8 Å². The number of aliphatic hydroxyl groups excluding tert-OH is 1. The molecule has 4 heteroatoms. The summed E-state index contributed by atoms with van der Waals surface area (Å²) in [5.74, 6) is -0.386. The van der Waals surface area contributed by atoms with Crippen LogP contribution in [0.15, 0.2) is 12.3 Å². The molecule has 2 atom stereocenters. The highest BCUT2D eigenvalue weighted by Gasteiger charge is 2.21. The molecular weight excluding hydrogens is 182 g/mol. The monoisotopic (exact) mass is 199 g/mol. The van der Waals surface area contributed by atoms with Crippen LogP contribution in [0.3, 0.4) is 0 Å². The number of ether oxygens (including phenoxy) is 1. The minimum absolute atomic E-state index is 0.0738. The van der Waals surface area contributed by atoms with Crippen LogP contribution in [0.4, 0.5) is 0 Å². The number of rotatable bonds is 3. The molecule has 1 saturated carbocycles. The number of esters is 1. The molecule has 0 bridgehead atoms. The highest BCUT2D eigenvalue weighted by molar-refractivity contribution is 5.81. The molecule has 2 unspecified atom stereocenters. The van der Waals surface area contributed by atoms with Gasteiger partial charge in [0.05, 0.1) is 19.3 Å². The minimum atomic E-state index is -0.386. The van der Waals surface area contributed by atoms with Crippen molar-refractivity contribution < 1.29 is 14.6 Å². The van der Waals surface area contributed by atoms with Gasteiger partial charge in [-0.3, -0.25) is 0 Å². The van der Waals surface area contributed by atoms with Gasteiger partial charge in [0.15, 0.2) is 0 Å². The van der Waals surface area contributed by atoms with Crippen molar-refractivity contribution in [3.63, 3.8) is 0 Å². The van der Waals surface area contributed by atoms with E-state index in [0.29, 0.717) is 0 Å². The lowest BCUT2D eigenvalue weighted by Crippen LogP contribution is -2.39. The van der Waals surface area contributed by atoms with Crippen LogP contribution in [0.5, 0.6) is 0 Å². The molecule has 1 rings (SSSR count). The van der Waals surface area contributed by atoms with Crippen molar-refractivity contribution in [3.05, 3.63) is 12.3 Å². The Kier molecular flexibility index (Phi) is 4.46. The Balaban J connectivity index is 2.28. The topological polar surface area (TPSA) is 58.6 Å². The lowest BCUT2D eigenvalue weighted by Gasteiger charge is -2.27. The van der Waals surface area contributed by atoms with Crippen molar-refractivity contribution in [1.29, 1.82) is 0 Å². The molecule has 0 saturated heterocycles. The van der Waals surface area contributed by atoms with E-state index in [1.165, 1.54) is 13.2 Å². The zero-order chi connectivity index (χ0) is 10.4. The number of aliphatic hydroxyl groups is 1. The van der Waals surface area contributed by atoms with Crippen molar-refractivity contribution in [3.8, 4) is 0 Å². The van der Waals surface area contributed by atoms with Crippen LogP contribution < -0.4 is 5.32 Å². The molecule has 80 valence electrons. The summed E-state index contributed by atoms with van der Waals surface area (Å²) in [4.78, 5) is 10.7. The van der Waals surface area contributed by atoms with E-state index in [1.54, 1.807) is 6.20 Å². The van der Waals surface area contributed by atoms with Crippen LogP contribution in [0.2, 0.25) is 0 Å². The average molecular weight is 199 g/mol. The molecule has 0 aromatic heterocycles. The molecule has 1 aliphatic rings. The Morgan fingerprint density at radius 3 is 2.86 bits per heavy atom. The maximum Gasteiger partial charge on any atom is 0.331 e. The first-order valence-corrected chi connectivity index (χ1v) is 4.92. The Hall–Kier alpha value is -1.03. The summed E-state index contributed by atoms with van der Waals surface area (Å²) in [5.41, 5.74) is 0. The van der Waals surface area contributed by atoms with E-state index in [0.717, 1.165) is 25.7 Å². The second-order valence-corrected chi connectivity index (χ2v) is 3.48. The van der Waals surface area contributed by atoms with Gasteiger partial charge in [0.1, 0.15) is 0 Å². The zero-order valence-corrected chi connectivity index (χ0v) is 8.40. The van der Waals surface area contributed by atoms with Gasteiger partial charge in [-0.15, -0.1) is 0 Å². The zero-order valence-electron chi connectivity index (χ0n) is 8.40. The van der Waals surface area contributed by atoms with Gasteiger partial charge in [-0.25, -0.2) is 4.79 Å². The van der Waals surface area contributed by atoms with E-state index in [9.17, 15) is 9.90 Å². The van der Waals surface area contributed by atoms with E-state index in [2.05, 4.69) is 10.1 Å². The predicted molar refractivity (Wildman–Crippen MR) is 52.6 cm³/mol. The maximum absolute atomic E-state index is 10.7. The molecule has 2 N–H and O–H groups in total. The fourth-order valence-corrected chi connectivity index (χ4v) is 1.61. The maximum atomic E-state index is 10.7. The third kappa shape index (κ3) is 3.38. The number of methoxy groups -OCH3 is 1. The van der Waals surface area contributed by atoms with Gasteiger partial charge in [0.2, 0.25) is 0 Å². The number of carbonyl (C=O) groups excluding carboxylic acids is 1. The lowest BCUT2D eigenvalue weighted by molar-refractivity contribution is -0.134. The number of nitrogens with one attached hydrogen (secondary N) is 1. The van der Waals surface area contributed by atoms with Crippen LogP contribution in [0.1, 0.15) is 25.7 Å². The number of hydrogen-bond donors (Lipinski definition) is 2. The molecular formula is C10H17NO3. The summed E-state index contributed by atoms with van der Waals surface area (Å²) in [5, 5.41) is 12.6. The normalized spacial score (nSPS) is 27.6. The van der Waals surface area contributed by atoms with E-state index in [4.69, 9.17) is 0 Å². The Labute approximate surface area is 83.9 Å². The van der Waals surface area contributed by atoms with Crippen molar-refractivity contribution in [2.45, 2.75) is 37.8 Å². The van der Waals surface area contributed by atoms with Crippen LogP contribution in [0.25, 0.3) is 0 Å². The second kappa shape index (κ2) is 5.65. The molecule has 1 aliphatic carbocycles. The standard InChI is InChI=1S/C10H17NO3/c1-14-10(13)6-7-11-8-4-2-3-5-9(8)12/h6-9,11-12H,2-5H2,1H3/b7-6+. The molecule has 4 nitrogen and oxygen atoms in total. The summed E-state index contributed by atoms with van der Waals surface area (Å²) >= 11 is 0. The summed E-state index contributed by atoms with van der Waals surface area (Å²) in [6.45, 7) is 0. The first-order chi connectivity index (χ1) is 6.74. The Bertz CT molecular complexity index is 215. The lowest BCUT2D eigenvalue weighted by atomic mass is 9.93. The third-order valence-corrected chi connectivity index (χ3v) is 2.46. The van der Waals surface area contributed by atoms with E-state index < -0.39 is 0 Å². The fourth-order valence-electron chi connectivity index (χ4n) is 1.61. The van der Waals surface area contributed by atoms with Crippen molar-refractivity contribution in [2.24, 2.45) is 0 Å². The molecule has 1 fully saturated rings. The quantitative estimate of drug-likeness (QED) is 0.515. The van der Waals surface area contributed by atoms with Crippen molar-refractivity contribution in [1.82, 2.24) is 5.32 Å². The van der Waals surface area contributed by atoms with Crippen LogP contribution in [-0.4, -0.2) is 30.3 Å². The molecule has 0 radical (unpaired) electrons. The summed E-state index contributed by atoms with van der Waals surface area (Å²) < 4.78 is 4.44. The summed E-state index contributed by atoms with van der Waals surface area (Å²) in [6, 6.07) is 0.0738. The highest BCUT2D eigenvalue weighted by atomic mass is 16.5. The second-order valence-electron chi connectivity index (χ2n) is 3.48. The van der Waals surface area contributed by atoms with E-state index in [1.807, 2.05) is 0 Å². The molecule has 0 aromatic rings. The van der Waals surface area contributed by atoms with Crippen molar-refractivity contribution >= 4 is 5.97 Å². The first kappa shape index (κ1) is 11.0. The SMILES string of the molecule is COC(=O)/C=C/NC1CCCCC1O. The Morgan fingerprint density at radius 1 is 1.50 bits per heavy atom. The largest absolute Gasteiger partial charge is 0.466 e. The molecule has 14 heavy (non-hydrogen) atoms. The van der Waals surface area contributed by atoms with Crippen LogP contribution in [0, 0.1) is 0 Å². The van der Waals surface area contributed by atoms with Gasteiger partial charge in [0, 0.05) is 12.3 Å². The van der Waals surface area contributed by atoms with Gasteiger partial charge in [-0.1, -0.05) is 12.8 Å². The summed E-state index contributed by atoms with van der Waals surface area (Å²) in [7, 11) is 1.34. The number of hydrogen-bond acceptors (Lipinski definition) is 4. The van der Waals surface area contributed by atoms with Gasteiger partial charge in [-0.2, -0.15) is 0 Å². The third-order valence-electron chi connectivity index (χ3n) is 2.46. The molecule has 0 aliphatic heterocycles. The molecule has 0 heterocycles.